The van der Waals surface area contributed by atoms with E-state index >= 15 is 0 Å². The Bertz CT molecular complexity index is 611. The molecule has 0 aromatic heterocycles. The summed E-state index contributed by atoms with van der Waals surface area (Å²) in [6, 6.07) is 9.02. The van der Waals surface area contributed by atoms with Gasteiger partial charge in [0.25, 0.3) is 5.79 Å². The van der Waals surface area contributed by atoms with Gasteiger partial charge in [-0.2, -0.15) is 0 Å². The van der Waals surface area contributed by atoms with Gasteiger partial charge in [-0.05, 0) is 18.6 Å². The van der Waals surface area contributed by atoms with Crippen LogP contribution >= 0.6 is 0 Å². The van der Waals surface area contributed by atoms with E-state index in [1.807, 2.05) is 18.2 Å². The van der Waals surface area contributed by atoms with Gasteiger partial charge in [0.05, 0.1) is 0 Å². The van der Waals surface area contributed by atoms with E-state index in [0.717, 1.165) is 31.4 Å². The van der Waals surface area contributed by atoms with E-state index in [-0.39, 0.29) is 6.61 Å². The second kappa shape index (κ2) is 13.6. The first-order valence-corrected chi connectivity index (χ1v) is 9.94. The number of rotatable bonds is 15. The van der Waals surface area contributed by atoms with Crippen LogP contribution in [0.25, 0.3) is 0 Å². The molecule has 5 heteroatoms. The third kappa shape index (κ3) is 9.40. The van der Waals surface area contributed by atoms with Crippen LogP contribution in [0.2, 0.25) is 0 Å². The van der Waals surface area contributed by atoms with Gasteiger partial charge in [0.15, 0.2) is 6.61 Å². The number of carbonyl (C=O) groups excluding carboxylic acids is 2. The maximum Gasteiger partial charge on any atom is 0.333 e. The molecule has 0 aliphatic carbocycles. The number of esters is 2. The van der Waals surface area contributed by atoms with Crippen LogP contribution in [-0.4, -0.2) is 24.3 Å². The topological polar surface area (TPSA) is 61.8 Å². The van der Waals surface area contributed by atoms with Crippen molar-refractivity contribution in [1.82, 2.24) is 0 Å². The standard InChI is InChI=1S/C23H32O5/c1-4-7-8-9-10-11-15-18-23(28-22(25)6-3,19-26-21(24)5-2)27-20-16-13-12-14-17-20/h5-6,12-14,16-17H,2-4,7-11,15,18-19H2,1H3. The molecule has 0 fully saturated rings. The molecular formula is C23H32O5. The molecule has 1 atom stereocenters. The molecule has 0 amide bonds. The molecule has 0 radical (unpaired) electrons. The van der Waals surface area contributed by atoms with Crippen molar-refractivity contribution in [1.29, 1.82) is 0 Å². The van der Waals surface area contributed by atoms with Crippen LogP contribution in [0.1, 0.15) is 58.3 Å². The largest absolute Gasteiger partial charge is 0.454 e. The van der Waals surface area contributed by atoms with Crippen molar-refractivity contribution in [2.75, 3.05) is 6.61 Å². The van der Waals surface area contributed by atoms with Gasteiger partial charge in [0, 0.05) is 18.6 Å². The van der Waals surface area contributed by atoms with Gasteiger partial charge < -0.3 is 14.2 Å². The van der Waals surface area contributed by atoms with Crippen LogP contribution in [0.3, 0.4) is 0 Å². The molecule has 1 aromatic carbocycles. The quantitative estimate of drug-likeness (QED) is 0.175. The van der Waals surface area contributed by atoms with E-state index in [4.69, 9.17) is 14.2 Å². The molecule has 0 aliphatic rings. The van der Waals surface area contributed by atoms with Crippen LogP contribution in [-0.2, 0) is 19.1 Å². The van der Waals surface area contributed by atoms with Gasteiger partial charge in [-0.25, -0.2) is 9.59 Å². The average molecular weight is 389 g/mol. The van der Waals surface area contributed by atoms with E-state index in [1.54, 1.807) is 12.1 Å². The van der Waals surface area contributed by atoms with E-state index in [2.05, 4.69) is 20.1 Å². The SMILES string of the molecule is C=CC(=O)OCC(CCCCCCCCC)(OC(=O)C=C)Oc1ccccc1. The Kier molecular flexibility index (Phi) is 11.4. The number of hydrogen-bond donors (Lipinski definition) is 0. The molecule has 28 heavy (non-hydrogen) atoms. The Morgan fingerprint density at radius 1 is 0.929 bits per heavy atom. The first-order valence-electron chi connectivity index (χ1n) is 9.94. The summed E-state index contributed by atoms with van der Waals surface area (Å²) in [6.45, 7) is 8.81. The molecule has 154 valence electrons. The summed E-state index contributed by atoms with van der Waals surface area (Å²) >= 11 is 0. The number of carbonyl (C=O) groups is 2. The Labute approximate surface area is 168 Å². The predicted molar refractivity (Wildman–Crippen MR) is 110 cm³/mol. The molecule has 0 N–H and O–H groups in total. The van der Waals surface area contributed by atoms with Crippen LogP contribution < -0.4 is 4.74 Å². The summed E-state index contributed by atoms with van der Waals surface area (Å²) in [5.74, 6) is -2.12. The molecule has 0 spiro atoms. The van der Waals surface area contributed by atoms with Crippen LogP contribution in [0.4, 0.5) is 0 Å². The van der Waals surface area contributed by atoms with Crippen molar-refractivity contribution in [3.05, 3.63) is 55.6 Å². The Morgan fingerprint density at radius 2 is 1.54 bits per heavy atom. The van der Waals surface area contributed by atoms with Crippen LogP contribution in [0.5, 0.6) is 5.75 Å². The van der Waals surface area contributed by atoms with Crippen LogP contribution in [0.15, 0.2) is 55.6 Å². The summed E-state index contributed by atoms with van der Waals surface area (Å²) in [5, 5.41) is 0. The fraction of sp³-hybridized carbons (Fsp3) is 0.478. The summed E-state index contributed by atoms with van der Waals surface area (Å²) in [5.41, 5.74) is 0. The van der Waals surface area contributed by atoms with Crippen molar-refractivity contribution in [2.24, 2.45) is 0 Å². The molecule has 0 aliphatic heterocycles. The number of ether oxygens (including phenoxy) is 3. The number of hydrogen-bond acceptors (Lipinski definition) is 5. The molecule has 0 heterocycles. The number of unbranched alkanes of at least 4 members (excludes halogenated alkanes) is 6. The zero-order valence-electron chi connectivity index (χ0n) is 16.9. The first kappa shape index (κ1) is 23.5. The second-order valence-electron chi connectivity index (χ2n) is 6.63. The lowest BCUT2D eigenvalue weighted by Gasteiger charge is -2.33. The zero-order chi connectivity index (χ0) is 20.7. The molecule has 0 saturated heterocycles. The number of benzene rings is 1. The van der Waals surface area contributed by atoms with Gasteiger partial charge >= 0.3 is 11.9 Å². The molecule has 1 rings (SSSR count). The molecule has 1 unspecified atom stereocenters. The Hall–Kier alpha value is -2.56. The van der Waals surface area contributed by atoms with E-state index in [0.29, 0.717) is 12.2 Å². The second-order valence-corrected chi connectivity index (χ2v) is 6.63. The number of para-hydroxylation sites is 1. The lowest BCUT2D eigenvalue weighted by molar-refractivity contribution is -0.215. The third-order valence-corrected chi connectivity index (χ3v) is 4.26. The molecular weight excluding hydrogens is 356 g/mol. The summed E-state index contributed by atoms with van der Waals surface area (Å²) in [7, 11) is 0. The lowest BCUT2D eigenvalue weighted by atomic mass is 10.0. The van der Waals surface area contributed by atoms with Gasteiger partial charge in [-0.15, -0.1) is 0 Å². The van der Waals surface area contributed by atoms with Crippen molar-refractivity contribution >= 4 is 11.9 Å². The van der Waals surface area contributed by atoms with Crippen molar-refractivity contribution in [2.45, 2.75) is 64.1 Å². The van der Waals surface area contributed by atoms with Crippen molar-refractivity contribution in [3.8, 4) is 5.75 Å². The maximum atomic E-state index is 12.0. The Morgan fingerprint density at radius 3 is 2.14 bits per heavy atom. The van der Waals surface area contributed by atoms with Crippen molar-refractivity contribution in [3.63, 3.8) is 0 Å². The predicted octanol–water partition coefficient (Wildman–Crippen LogP) is 5.36. The highest BCUT2D eigenvalue weighted by Crippen LogP contribution is 2.27. The average Bonchev–Trinajstić information content (AvgIpc) is 2.72. The Balaban J connectivity index is 2.84. The first-order chi connectivity index (χ1) is 13.5. The third-order valence-electron chi connectivity index (χ3n) is 4.26. The van der Waals surface area contributed by atoms with E-state index < -0.39 is 17.7 Å². The minimum absolute atomic E-state index is 0.220. The monoisotopic (exact) mass is 388 g/mol. The van der Waals surface area contributed by atoms with E-state index in [1.165, 1.54) is 25.7 Å². The van der Waals surface area contributed by atoms with E-state index in [9.17, 15) is 9.59 Å². The molecule has 5 nitrogen and oxygen atoms in total. The summed E-state index contributed by atoms with van der Waals surface area (Å²) in [6.07, 6.45) is 10.3. The van der Waals surface area contributed by atoms with Gasteiger partial charge in [-0.1, -0.05) is 76.8 Å². The van der Waals surface area contributed by atoms with Gasteiger partial charge in [0.1, 0.15) is 5.75 Å². The summed E-state index contributed by atoms with van der Waals surface area (Å²) in [4.78, 5) is 23.5. The smallest absolute Gasteiger partial charge is 0.333 e. The zero-order valence-corrected chi connectivity index (χ0v) is 16.9. The highest BCUT2D eigenvalue weighted by molar-refractivity contribution is 5.82. The normalized spacial score (nSPS) is 12.5. The lowest BCUT2D eigenvalue weighted by Crippen LogP contribution is -2.46. The minimum atomic E-state index is -1.41. The highest BCUT2D eigenvalue weighted by atomic mass is 16.7. The van der Waals surface area contributed by atoms with Crippen molar-refractivity contribution < 1.29 is 23.8 Å². The molecule has 1 aromatic rings. The highest BCUT2D eigenvalue weighted by Gasteiger charge is 2.38. The van der Waals surface area contributed by atoms with Gasteiger partial charge in [-0.3, -0.25) is 0 Å². The molecule has 0 saturated carbocycles. The fourth-order valence-corrected chi connectivity index (χ4v) is 2.77. The summed E-state index contributed by atoms with van der Waals surface area (Å²) < 4.78 is 16.7. The molecule has 0 bridgehead atoms. The fourth-order valence-electron chi connectivity index (χ4n) is 2.77. The van der Waals surface area contributed by atoms with Gasteiger partial charge in [0.2, 0.25) is 0 Å². The maximum absolute atomic E-state index is 12.0. The van der Waals surface area contributed by atoms with Crippen LogP contribution in [0, 0.1) is 0 Å². The minimum Gasteiger partial charge on any atom is -0.454 e.